The minimum atomic E-state index is -0.161. The van der Waals surface area contributed by atoms with Crippen molar-refractivity contribution in [2.75, 3.05) is 12.9 Å². The van der Waals surface area contributed by atoms with Gasteiger partial charge in [-0.05, 0) is 36.2 Å². The van der Waals surface area contributed by atoms with Crippen LogP contribution in [0.4, 0.5) is 0 Å². The molecule has 2 aromatic carbocycles. The molecule has 0 saturated heterocycles. The highest BCUT2D eigenvalue weighted by Gasteiger charge is 2.23. The van der Waals surface area contributed by atoms with E-state index in [1.54, 1.807) is 25.3 Å². The maximum absolute atomic E-state index is 12.6. The van der Waals surface area contributed by atoms with E-state index in [-0.39, 0.29) is 11.9 Å². The van der Waals surface area contributed by atoms with E-state index in [0.29, 0.717) is 16.3 Å². The van der Waals surface area contributed by atoms with E-state index in [1.165, 1.54) is 10.5 Å². The van der Waals surface area contributed by atoms with Gasteiger partial charge in [0.15, 0.2) is 0 Å². The van der Waals surface area contributed by atoms with Gasteiger partial charge in [-0.15, -0.1) is 11.8 Å². The lowest BCUT2D eigenvalue weighted by Gasteiger charge is -2.26. The number of nitrogens with one attached hydrogen (secondary N) is 1. The number of methoxy groups -OCH3 is 1. The van der Waals surface area contributed by atoms with Gasteiger partial charge in [-0.3, -0.25) is 4.79 Å². The largest absolute Gasteiger partial charge is 0.496 e. The first-order chi connectivity index (χ1) is 10.7. The molecule has 2 aromatic rings. The van der Waals surface area contributed by atoms with Crippen LogP contribution in [0.25, 0.3) is 0 Å². The summed E-state index contributed by atoms with van der Waals surface area (Å²) in [5.41, 5.74) is 1.64. The Bertz CT molecular complexity index is 705. The number of rotatable bonds is 3. The molecule has 3 rings (SSSR count). The van der Waals surface area contributed by atoms with Crippen molar-refractivity contribution in [2.45, 2.75) is 17.4 Å². The smallest absolute Gasteiger partial charge is 0.255 e. The molecule has 5 heteroatoms. The fourth-order valence-electron chi connectivity index (χ4n) is 2.59. The molecule has 0 aromatic heterocycles. The Hall–Kier alpha value is -1.65. The number of fused-ring (bicyclic) bond motifs is 1. The van der Waals surface area contributed by atoms with Crippen LogP contribution in [0.15, 0.2) is 47.4 Å². The fraction of sp³-hybridized carbons (Fsp3) is 0.235. The Morgan fingerprint density at radius 1 is 1.32 bits per heavy atom. The van der Waals surface area contributed by atoms with Crippen LogP contribution < -0.4 is 10.1 Å². The Morgan fingerprint density at radius 2 is 2.14 bits per heavy atom. The zero-order valence-corrected chi connectivity index (χ0v) is 13.7. The summed E-state index contributed by atoms with van der Waals surface area (Å²) < 4.78 is 5.26. The molecule has 1 heterocycles. The molecule has 1 aliphatic heterocycles. The number of amides is 1. The zero-order valence-electron chi connectivity index (χ0n) is 12.1. The van der Waals surface area contributed by atoms with Gasteiger partial charge in [0.05, 0.1) is 18.7 Å². The second-order valence-electron chi connectivity index (χ2n) is 5.05. The van der Waals surface area contributed by atoms with Gasteiger partial charge in [0, 0.05) is 15.7 Å². The highest BCUT2D eigenvalue weighted by Crippen LogP contribution is 2.36. The van der Waals surface area contributed by atoms with Crippen molar-refractivity contribution in [1.29, 1.82) is 0 Å². The van der Waals surface area contributed by atoms with Gasteiger partial charge in [-0.25, -0.2) is 0 Å². The quantitative estimate of drug-likeness (QED) is 0.909. The van der Waals surface area contributed by atoms with Crippen molar-refractivity contribution >= 4 is 29.3 Å². The Balaban J connectivity index is 1.85. The molecule has 22 heavy (non-hydrogen) atoms. The molecule has 0 fully saturated rings. The molecule has 1 N–H and O–H groups in total. The number of benzene rings is 2. The standard InChI is InChI=1S/C17H16ClNO2S/c1-21-15-7-6-11(18)10-13(15)17(20)19-14-8-9-22-16-5-3-2-4-12(14)16/h2-7,10,14H,8-9H2,1H3,(H,19,20)/t14-/m0/s1. The summed E-state index contributed by atoms with van der Waals surface area (Å²) >= 11 is 7.83. The molecule has 0 bridgehead atoms. The predicted molar refractivity (Wildman–Crippen MR) is 90.0 cm³/mol. The van der Waals surface area contributed by atoms with Crippen LogP contribution in [-0.4, -0.2) is 18.8 Å². The number of carbonyl (C=O) groups excluding carboxylic acids is 1. The van der Waals surface area contributed by atoms with Crippen molar-refractivity contribution in [3.05, 3.63) is 58.6 Å². The summed E-state index contributed by atoms with van der Waals surface area (Å²) in [4.78, 5) is 13.8. The van der Waals surface area contributed by atoms with Crippen molar-refractivity contribution < 1.29 is 9.53 Å². The summed E-state index contributed by atoms with van der Waals surface area (Å²) in [7, 11) is 1.55. The maximum atomic E-state index is 12.6. The summed E-state index contributed by atoms with van der Waals surface area (Å²) in [5.74, 6) is 1.36. The van der Waals surface area contributed by atoms with E-state index in [0.717, 1.165) is 12.2 Å². The van der Waals surface area contributed by atoms with Crippen LogP contribution in [0, 0.1) is 0 Å². The van der Waals surface area contributed by atoms with Crippen molar-refractivity contribution in [2.24, 2.45) is 0 Å². The average Bonchev–Trinajstić information content (AvgIpc) is 2.55. The molecule has 0 saturated carbocycles. The van der Waals surface area contributed by atoms with Gasteiger partial charge in [-0.1, -0.05) is 29.8 Å². The van der Waals surface area contributed by atoms with Gasteiger partial charge in [0.1, 0.15) is 5.75 Å². The molecule has 1 amide bonds. The molecule has 3 nitrogen and oxygen atoms in total. The third kappa shape index (κ3) is 3.08. The van der Waals surface area contributed by atoms with Crippen molar-refractivity contribution in [1.82, 2.24) is 5.32 Å². The summed E-state index contributed by atoms with van der Waals surface area (Å²) in [6.45, 7) is 0. The van der Waals surface area contributed by atoms with Crippen LogP contribution in [0.2, 0.25) is 5.02 Å². The number of hydrogen-bond donors (Lipinski definition) is 1. The molecule has 0 radical (unpaired) electrons. The molecular weight excluding hydrogens is 318 g/mol. The van der Waals surface area contributed by atoms with Crippen molar-refractivity contribution in [3.63, 3.8) is 0 Å². The van der Waals surface area contributed by atoms with Crippen LogP contribution >= 0.6 is 23.4 Å². The Kier molecular flexibility index (Phi) is 4.60. The number of ether oxygens (including phenoxy) is 1. The fourth-order valence-corrected chi connectivity index (χ4v) is 3.88. The molecular formula is C17H16ClNO2S. The lowest BCUT2D eigenvalue weighted by molar-refractivity contribution is 0.0932. The van der Waals surface area contributed by atoms with E-state index in [2.05, 4.69) is 17.4 Å². The summed E-state index contributed by atoms with van der Waals surface area (Å²) in [6, 6.07) is 13.3. The van der Waals surface area contributed by atoms with E-state index in [9.17, 15) is 4.79 Å². The maximum Gasteiger partial charge on any atom is 0.255 e. The minimum absolute atomic E-state index is 0.0219. The monoisotopic (exact) mass is 333 g/mol. The Morgan fingerprint density at radius 3 is 2.95 bits per heavy atom. The highest BCUT2D eigenvalue weighted by molar-refractivity contribution is 7.99. The predicted octanol–water partition coefficient (Wildman–Crippen LogP) is 4.32. The first-order valence-corrected chi connectivity index (χ1v) is 8.41. The number of halogens is 1. The van der Waals surface area contributed by atoms with Crippen LogP contribution in [0.3, 0.4) is 0 Å². The Labute approximate surface area is 139 Å². The lowest BCUT2D eigenvalue weighted by Crippen LogP contribution is -2.30. The van der Waals surface area contributed by atoms with Gasteiger partial charge in [0.2, 0.25) is 0 Å². The van der Waals surface area contributed by atoms with E-state index >= 15 is 0 Å². The van der Waals surface area contributed by atoms with Gasteiger partial charge >= 0.3 is 0 Å². The van der Waals surface area contributed by atoms with E-state index < -0.39 is 0 Å². The van der Waals surface area contributed by atoms with Crippen molar-refractivity contribution in [3.8, 4) is 5.75 Å². The van der Waals surface area contributed by atoms with Crippen LogP contribution in [0.1, 0.15) is 28.4 Å². The molecule has 1 atom stereocenters. The molecule has 1 aliphatic rings. The highest BCUT2D eigenvalue weighted by atomic mass is 35.5. The van der Waals surface area contributed by atoms with E-state index in [4.69, 9.17) is 16.3 Å². The molecule has 114 valence electrons. The second-order valence-corrected chi connectivity index (χ2v) is 6.62. The van der Waals surface area contributed by atoms with E-state index in [1.807, 2.05) is 23.9 Å². The second kappa shape index (κ2) is 6.63. The number of thioether (sulfide) groups is 1. The average molecular weight is 334 g/mol. The van der Waals surface area contributed by atoms with Gasteiger partial charge < -0.3 is 10.1 Å². The normalized spacial score (nSPS) is 16.7. The zero-order chi connectivity index (χ0) is 15.5. The molecule has 0 aliphatic carbocycles. The first kappa shape index (κ1) is 15.3. The summed E-state index contributed by atoms with van der Waals surface area (Å²) in [6.07, 6.45) is 0.913. The summed E-state index contributed by atoms with van der Waals surface area (Å²) in [5, 5.41) is 3.62. The first-order valence-electron chi connectivity index (χ1n) is 7.05. The third-order valence-corrected chi connectivity index (χ3v) is 5.03. The van der Waals surface area contributed by atoms with Crippen LogP contribution in [0.5, 0.6) is 5.75 Å². The van der Waals surface area contributed by atoms with Gasteiger partial charge in [0.25, 0.3) is 5.91 Å². The SMILES string of the molecule is COc1ccc(Cl)cc1C(=O)N[C@H]1CCSc2ccccc21. The number of hydrogen-bond acceptors (Lipinski definition) is 3. The molecule has 0 unspecified atom stereocenters. The minimum Gasteiger partial charge on any atom is -0.496 e. The number of carbonyl (C=O) groups is 1. The third-order valence-electron chi connectivity index (χ3n) is 3.67. The van der Waals surface area contributed by atoms with Gasteiger partial charge in [-0.2, -0.15) is 0 Å². The topological polar surface area (TPSA) is 38.3 Å². The van der Waals surface area contributed by atoms with Crippen LogP contribution in [-0.2, 0) is 0 Å². The molecule has 0 spiro atoms. The lowest BCUT2D eigenvalue weighted by atomic mass is 10.0.